The first-order valence-corrected chi connectivity index (χ1v) is 7.79. The van der Waals surface area contributed by atoms with E-state index in [0.29, 0.717) is 11.3 Å². The Morgan fingerprint density at radius 2 is 1.94 bits per heavy atom. The minimum atomic E-state index is -3.34. The van der Waals surface area contributed by atoms with Crippen molar-refractivity contribution in [3.63, 3.8) is 0 Å². The van der Waals surface area contributed by atoms with E-state index in [1.807, 2.05) is 6.07 Å². The van der Waals surface area contributed by atoms with Crippen LogP contribution in [0.3, 0.4) is 0 Å². The van der Waals surface area contributed by atoms with Gasteiger partial charge in [0.15, 0.2) is 9.84 Å². The Labute approximate surface area is 112 Å². The van der Waals surface area contributed by atoms with Crippen molar-refractivity contribution < 1.29 is 8.42 Å². The maximum Gasteiger partial charge on any atom is 0.193 e. The number of hydrogen-bond acceptors (Lipinski definition) is 2. The maximum absolute atomic E-state index is 12.4. The molecule has 0 amide bonds. The highest BCUT2D eigenvalue weighted by Crippen LogP contribution is 2.35. The fourth-order valence-electron chi connectivity index (χ4n) is 1.54. The molecule has 0 heterocycles. The van der Waals surface area contributed by atoms with E-state index < -0.39 is 13.5 Å². The van der Waals surface area contributed by atoms with Crippen molar-refractivity contribution in [2.24, 2.45) is 0 Å². The van der Waals surface area contributed by atoms with Gasteiger partial charge in [0.25, 0.3) is 0 Å². The molecule has 1 atom stereocenters. The van der Waals surface area contributed by atoms with Crippen molar-refractivity contribution in [2.45, 2.75) is 34.7 Å². The second-order valence-corrected chi connectivity index (χ2v) is 8.75. The molecule has 0 saturated heterocycles. The summed E-state index contributed by atoms with van der Waals surface area (Å²) in [5, 5.41) is 0. The molecule has 0 aliphatic rings. The number of alkyl halides is 1. The lowest BCUT2D eigenvalue weighted by atomic mass is 10.2. The number of allylic oxidation sites excluding steroid dienone is 1. The number of rotatable bonds is 6. The summed E-state index contributed by atoms with van der Waals surface area (Å²) in [6, 6.07) is 8.53. The highest BCUT2D eigenvalue weighted by molar-refractivity contribution is 9.11. The minimum Gasteiger partial charge on any atom is -0.222 e. The average molecular weight is 317 g/mol. The van der Waals surface area contributed by atoms with Crippen LogP contribution in [-0.2, 0) is 9.84 Å². The first-order chi connectivity index (χ1) is 7.92. The lowest BCUT2D eigenvalue weighted by molar-refractivity contribution is 0.565. The molecule has 0 saturated carbocycles. The maximum atomic E-state index is 12.4. The average Bonchev–Trinajstić information content (AvgIpc) is 2.30. The molecule has 0 bridgehead atoms. The van der Waals surface area contributed by atoms with Crippen molar-refractivity contribution in [1.82, 2.24) is 0 Å². The van der Waals surface area contributed by atoms with Crippen molar-refractivity contribution in [3.05, 3.63) is 43.0 Å². The molecule has 17 heavy (non-hydrogen) atoms. The van der Waals surface area contributed by atoms with Crippen LogP contribution in [0.4, 0.5) is 0 Å². The van der Waals surface area contributed by atoms with Gasteiger partial charge in [0.05, 0.1) is 4.90 Å². The highest BCUT2D eigenvalue weighted by Gasteiger charge is 2.36. The molecular formula is C13H17BrO2S. The Hall–Kier alpha value is -0.610. The van der Waals surface area contributed by atoms with Crippen molar-refractivity contribution in [2.75, 3.05) is 0 Å². The van der Waals surface area contributed by atoms with Gasteiger partial charge in [-0.05, 0) is 38.3 Å². The van der Waals surface area contributed by atoms with Crippen molar-refractivity contribution in [3.8, 4) is 0 Å². The van der Waals surface area contributed by atoms with Gasteiger partial charge >= 0.3 is 0 Å². The monoisotopic (exact) mass is 316 g/mol. The van der Waals surface area contributed by atoms with Crippen LogP contribution in [0, 0.1) is 0 Å². The lowest BCUT2D eigenvalue weighted by Gasteiger charge is -2.22. The first-order valence-electron chi connectivity index (χ1n) is 5.51. The zero-order chi connectivity index (χ0) is 12.9. The molecule has 0 fully saturated rings. The smallest absolute Gasteiger partial charge is 0.193 e. The molecule has 4 heteroatoms. The van der Waals surface area contributed by atoms with E-state index in [4.69, 9.17) is 0 Å². The number of benzene rings is 1. The Morgan fingerprint density at radius 1 is 1.35 bits per heavy atom. The Morgan fingerprint density at radius 3 is 2.47 bits per heavy atom. The summed E-state index contributed by atoms with van der Waals surface area (Å²) in [6.45, 7) is 5.34. The van der Waals surface area contributed by atoms with Crippen LogP contribution in [0.5, 0.6) is 0 Å². The van der Waals surface area contributed by atoms with Crippen LogP contribution in [-0.4, -0.2) is 12.1 Å². The molecular weight excluding hydrogens is 300 g/mol. The van der Waals surface area contributed by atoms with Crippen LogP contribution in [0.15, 0.2) is 47.9 Å². The van der Waals surface area contributed by atoms with Gasteiger partial charge in [0.2, 0.25) is 0 Å². The standard InChI is InChI=1S/C13H17BrO2S/c1-3-4-8-11-13(2,14)17(15,16)12-9-6-5-7-10-12/h3,5-7,9-10H,1,4,8,11H2,2H3. The number of halogens is 1. The zero-order valence-electron chi connectivity index (χ0n) is 9.90. The Bertz CT molecular complexity index is 463. The van der Waals surface area contributed by atoms with E-state index in [1.54, 1.807) is 37.3 Å². The van der Waals surface area contributed by atoms with E-state index in [0.717, 1.165) is 12.8 Å². The highest BCUT2D eigenvalue weighted by atomic mass is 79.9. The number of unbranched alkanes of at least 4 members (excludes halogenated alkanes) is 1. The third-order valence-corrected chi connectivity index (χ3v) is 6.54. The van der Waals surface area contributed by atoms with Gasteiger partial charge in [-0.2, -0.15) is 0 Å². The van der Waals surface area contributed by atoms with Crippen LogP contribution in [0.1, 0.15) is 26.2 Å². The summed E-state index contributed by atoms with van der Waals surface area (Å²) < 4.78 is 23.8. The van der Waals surface area contributed by atoms with E-state index >= 15 is 0 Å². The Balaban J connectivity index is 2.93. The van der Waals surface area contributed by atoms with E-state index in [1.165, 1.54) is 0 Å². The minimum absolute atomic E-state index is 0.359. The third-order valence-electron chi connectivity index (χ3n) is 2.65. The van der Waals surface area contributed by atoms with Gasteiger partial charge < -0.3 is 0 Å². The predicted molar refractivity (Wildman–Crippen MR) is 75.0 cm³/mol. The Kier molecular flexibility index (Phi) is 4.95. The van der Waals surface area contributed by atoms with Crippen LogP contribution < -0.4 is 0 Å². The fourth-order valence-corrected chi connectivity index (χ4v) is 3.80. The molecule has 0 spiro atoms. The summed E-state index contributed by atoms with van der Waals surface area (Å²) in [7, 11) is -3.34. The van der Waals surface area contributed by atoms with Gasteiger partial charge in [0.1, 0.15) is 3.66 Å². The molecule has 0 aliphatic heterocycles. The molecule has 0 aromatic heterocycles. The molecule has 94 valence electrons. The molecule has 2 nitrogen and oxygen atoms in total. The zero-order valence-corrected chi connectivity index (χ0v) is 12.3. The lowest BCUT2D eigenvalue weighted by Crippen LogP contribution is -2.28. The second-order valence-electron chi connectivity index (χ2n) is 4.10. The molecule has 1 rings (SSSR count). The van der Waals surface area contributed by atoms with Gasteiger partial charge in [-0.15, -0.1) is 6.58 Å². The normalized spacial score (nSPS) is 15.2. The van der Waals surface area contributed by atoms with Gasteiger partial charge in [-0.3, -0.25) is 0 Å². The predicted octanol–water partition coefficient (Wildman–Crippen LogP) is 3.93. The largest absolute Gasteiger partial charge is 0.222 e. The number of sulfone groups is 1. The molecule has 1 aromatic rings. The van der Waals surface area contributed by atoms with Gasteiger partial charge in [-0.25, -0.2) is 8.42 Å². The molecule has 0 aliphatic carbocycles. The van der Waals surface area contributed by atoms with Crippen LogP contribution in [0.2, 0.25) is 0 Å². The van der Waals surface area contributed by atoms with Crippen molar-refractivity contribution in [1.29, 1.82) is 0 Å². The summed E-state index contributed by atoms with van der Waals surface area (Å²) in [5.41, 5.74) is 0. The summed E-state index contributed by atoms with van der Waals surface area (Å²) >= 11 is 3.35. The van der Waals surface area contributed by atoms with E-state index in [-0.39, 0.29) is 0 Å². The molecule has 0 N–H and O–H groups in total. The molecule has 1 unspecified atom stereocenters. The van der Waals surface area contributed by atoms with Crippen LogP contribution in [0.25, 0.3) is 0 Å². The fraction of sp³-hybridized carbons (Fsp3) is 0.385. The first kappa shape index (κ1) is 14.5. The van der Waals surface area contributed by atoms with E-state index in [9.17, 15) is 8.42 Å². The van der Waals surface area contributed by atoms with Gasteiger partial charge in [0, 0.05) is 0 Å². The SMILES string of the molecule is C=CCCCC(C)(Br)S(=O)(=O)c1ccccc1. The van der Waals surface area contributed by atoms with Crippen LogP contribution >= 0.6 is 15.9 Å². The van der Waals surface area contributed by atoms with Gasteiger partial charge in [-0.1, -0.05) is 40.2 Å². The quantitative estimate of drug-likeness (QED) is 0.453. The van der Waals surface area contributed by atoms with Crippen molar-refractivity contribution >= 4 is 25.8 Å². The summed E-state index contributed by atoms with van der Waals surface area (Å²) in [6.07, 6.45) is 4.00. The molecule has 1 aromatic carbocycles. The topological polar surface area (TPSA) is 34.1 Å². The summed E-state index contributed by atoms with van der Waals surface area (Å²) in [5.74, 6) is 0. The number of hydrogen-bond donors (Lipinski definition) is 0. The molecule has 0 radical (unpaired) electrons. The summed E-state index contributed by atoms with van der Waals surface area (Å²) in [4.78, 5) is 0.359. The second kappa shape index (κ2) is 5.83. The third kappa shape index (κ3) is 3.42. The van der Waals surface area contributed by atoms with E-state index in [2.05, 4.69) is 22.5 Å².